The molecule has 0 unspecified atom stereocenters. The molecular formula is C21H28N2O3. The fourth-order valence-corrected chi connectivity index (χ4v) is 2.43. The van der Waals surface area contributed by atoms with Gasteiger partial charge < -0.3 is 20.1 Å². The lowest BCUT2D eigenvalue weighted by molar-refractivity contribution is -0.120. The van der Waals surface area contributed by atoms with Gasteiger partial charge in [0.1, 0.15) is 18.1 Å². The minimum absolute atomic E-state index is 0.00892. The summed E-state index contributed by atoms with van der Waals surface area (Å²) in [6.07, 6.45) is 0.425. The number of amides is 1. The molecule has 5 nitrogen and oxygen atoms in total. The Kier molecular flexibility index (Phi) is 7.80. The van der Waals surface area contributed by atoms with E-state index in [9.17, 15) is 4.79 Å². The van der Waals surface area contributed by atoms with Crippen molar-refractivity contribution < 1.29 is 14.3 Å². The first-order valence-corrected chi connectivity index (χ1v) is 8.96. The molecule has 26 heavy (non-hydrogen) atoms. The van der Waals surface area contributed by atoms with Gasteiger partial charge in [0.2, 0.25) is 5.91 Å². The second-order valence-electron chi connectivity index (χ2n) is 6.33. The van der Waals surface area contributed by atoms with E-state index >= 15 is 0 Å². The van der Waals surface area contributed by atoms with E-state index in [4.69, 9.17) is 9.47 Å². The Morgan fingerprint density at radius 3 is 2.23 bits per heavy atom. The number of carbonyl (C=O) groups excluding carboxylic acids is 1. The zero-order chi connectivity index (χ0) is 18.8. The van der Waals surface area contributed by atoms with Crippen LogP contribution in [-0.2, 0) is 4.79 Å². The Hall–Kier alpha value is -2.69. The molecule has 0 bridgehead atoms. The highest BCUT2D eigenvalue weighted by atomic mass is 16.5. The summed E-state index contributed by atoms with van der Waals surface area (Å²) in [6, 6.07) is 15.7. The van der Waals surface area contributed by atoms with Gasteiger partial charge in [-0.2, -0.15) is 0 Å². The SMILES string of the molecule is COc1ccc(OCCNC(=O)CCNc2ccc(C(C)C)cc2)cc1. The van der Waals surface area contributed by atoms with E-state index in [1.807, 2.05) is 24.3 Å². The maximum atomic E-state index is 11.8. The molecule has 0 aliphatic heterocycles. The molecule has 2 N–H and O–H groups in total. The summed E-state index contributed by atoms with van der Waals surface area (Å²) in [5, 5.41) is 6.12. The highest BCUT2D eigenvalue weighted by Crippen LogP contribution is 2.17. The summed E-state index contributed by atoms with van der Waals surface area (Å²) in [5.41, 5.74) is 2.34. The van der Waals surface area contributed by atoms with E-state index in [0.717, 1.165) is 17.2 Å². The molecule has 0 atom stereocenters. The lowest BCUT2D eigenvalue weighted by atomic mass is 10.0. The number of methoxy groups -OCH3 is 1. The third-order valence-corrected chi connectivity index (χ3v) is 4.01. The average molecular weight is 356 g/mol. The molecule has 140 valence electrons. The Morgan fingerprint density at radius 1 is 0.962 bits per heavy atom. The summed E-state index contributed by atoms with van der Waals surface area (Å²) in [6.45, 7) is 5.86. The van der Waals surface area contributed by atoms with Crippen molar-refractivity contribution in [3.63, 3.8) is 0 Å². The van der Waals surface area contributed by atoms with Crippen molar-refractivity contribution in [3.8, 4) is 11.5 Å². The highest BCUT2D eigenvalue weighted by molar-refractivity contribution is 5.76. The van der Waals surface area contributed by atoms with Gasteiger partial charge in [-0.1, -0.05) is 26.0 Å². The van der Waals surface area contributed by atoms with Crippen molar-refractivity contribution in [2.24, 2.45) is 0 Å². The molecule has 2 rings (SSSR count). The van der Waals surface area contributed by atoms with Crippen LogP contribution in [0.15, 0.2) is 48.5 Å². The predicted molar refractivity (Wildman–Crippen MR) is 105 cm³/mol. The first-order valence-electron chi connectivity index (χ1n) is 8.96. The first-order chi connectivity index (χ1) is 12.6. The van der Waals surface area contributed by atoms with Crippen LogP contribution in [0.4, 0.5) is 5.69 Å². The van der Waals surface area contributed by atoms with Crippen molar-refractivity contribution in [2.75, 3.05) is 32.1 Å². The number of hydrogen-bond donors (Lipinski definition) is 2. The maximum absolute atomic E-state index is 11.8. The molecule has 2 aromatic rings. The van der Waals surface area contributed by atoms with Crippen LogP contribution in [0.3, 0.4) is 0 Å². The van der Waals surface area contributed by atoms with Crippen LogP contribution in [-0.4, -0.2) is 32.7 Å². The molecule has 2 aromatic carbocycles. The molecule has 0 radical (unpaired) electrons. The molecule has 0 aliphatic carbocycles. The van der Waals surface area contributed by atoms with Crippen molar-refractivity contribution in [2.45, 2.75) is 26.2 Å². The Bertz CT molecular complexity index is 667. The van der Waals surface area contributed by atoms with Crippen molar-refractivity contribution >= 4 is 11.6 Å². The van der Waals surface area contributed by atoms with Crippen molar-refractivity contribution in [1.82, 2.24) is 5.32 Å². The van der Waals surface area contributed by atoms with Crippen molar-refractivity contribution in [1.29, 1.82) is 0 Å². The van der Waals surface area contributed by atoms with Crippen LogP contribution < -0.4 is 20.1 Å². The van der Waals surface area contributed by atoms with Gasteiger partial charge in [-0.15, -0.1) is 0 Å². The number of hydrogen-bond acceptors (Lipinski definition) is 4. The number of nitrogens with one attached hydrogen (secondary N) is 2. The first kappa shape index (κ1) is 19.6. The van der Waals surface area contributed by atoms with Gasteiger partial charge in [-0.3, -0.25) is 4.79 Å². The summed E-state index contributed by atoms with van der Waals surface area (Å²) >= 11 is 0. The van der Waals surface area contributed by atoms with Crippen LogP contribution in [0.2, 0.25) is 0 Å². The van der Waals surface area contributed by atoms with Gasteiger partial charge in [0.25, 0.3) is 0 Å². The lowest BCUT2D eigenvalue weighted by Crippen LogP contribution is -2.29. The standard InChI is InChI=1S/C21H28N2O3/c1-16(2)17-4-6-18(7-5-17)22-13-12-21(24)23-14-15-26-20-10-8-19(25-3)9-11-20/h4-11,16,22H,12-15H2,1-3H3,(H,23,24). The molecule has 0 aromatic heterocycles. The van der Waals surface area contributed by atoms with E-state index in [1.54, 1.807) is 7.11 Å². The minimum Gasteiger partial charge on any atom is -0.497 e. The predicted octanol–water partition coefficient (Wildman–Crippen LogP) is 3.82. The minimum atomic E-state index is 0.00892. The third kappa shape index (κ3) is 6.67. The van der Waals surface area contributed by atoms with E-state index in [1.165, 1.54) is 5.56 Å². The average Bonchev–Trinajstić information content (AvgIpc) is 2.66. The van der Waals surface area contributed by atoms with Crippen LogP contribution in [0.5, 0.6) is 11.5 Å². The van der Waals surface area contributed by atoms with Crippen LogP contribution in [0, 0.1) is 0 Å². The van der Waals surface area contributed by atoms with Crippen LogP contribution >= 0.6 is 0 Å². The second-order valence-corrected chi connectivity index (χ2v) is 6.33. The third-order valence-electron chi connectivity index (χ3n) is 4.01. The lowest BCUT2D eigenvalue weighted by Gasteiger charge is -2.10. The Morgan fingerprint density at radius 2 is 1.62 bits per heavy atom. The molecule has 5 heteroatoms. The molecular weight excluding hydrogens is 328 g/mol. The van der Waals surface area contributed by atoms with Crippen LogP contribution in [0.1, 0.15) is 31.7 Å². The summed E-state index contributed by atoms with van der Waals surface area (Å²) in [5.74, 6) is 2.08. The Labute approximate surface area is 155 Å². The van der Waals surface area contributed by atoms with Gasteiger partial charge in [0, 0.05) is 18.7 Å². The van der Waals surface area contributed by atoms with Gasteiger partial charge in [0.15, 0.2) is 0 Å². The zero-order valence-corrected chi connectivity index (χ0v) is 15.7. The molecule has 0 heterocycles. The number of benzene rings is 2. The van der Waals surface area contributed by atoms with Gasteiger partial charge in [0.05, 0.1) is 13.7 Å². The Balaban J connectivity index is 1.58. The number of rotatable bonds is 10. The van der Waals surface area contributed by atoms with Gasteiger partial charge in [-0.25, -0.2) is 0 Å². The zero-order valence-electron chi connectivity index (χ0n) is 15.7. The molecule has 0 spiro atoms. The molecule has 1 amide bonds. The molecule has 0 saturated carbocycles. The summed E-state index contributed by atoms with van der Waals surface area (Å²) in [4.78, 5) is 11.8. The van der Waals surface area contributed by atoms with Gasteiger partial charge in [-0.05, 0) is 47.9 Å². The summed E-state index contributed by atoms with van der Waals surface area (Å²) < 4.78 is 10.7. The van der Waals surface area contributed by atoms with E-state index in [2.05, 4.69) is 48.7 Å². The van der Waals surface area contributed by atoms with E-state index < -0.39 is 0 Å². The normalized spacial score (nSPS) is 10.5. The molecule has 0 aliphatic rings. The highest BCUT2D eigenvalue weighted by Gasteiger charge is 2.02. The molecule has 0 fully saturated rings. The largest absolute Gasteiger partial charge is 0.497 e. The smallest absolute Gasteiger partial charge is 0.221 e. The van der Waals surface area contributed by atoms with E-state index in [0.29, 0.717) is 32.0 Å². The second kappa shape index (κ2) is 10.3. The molecule has 0 saturated heterocycles. The van der Waals surface area contributed by atoms with E-state index in [-0.39, 0.29) is 5.91 Å². The monoisotopic (exact) mass is 356 g/mol. The number of ether oxygens (including phenoxy) is 2. The summed E-state index contributed by atoms with van der Waals surface area (Å²) in [7, 11) is 1.63. The van der Waals surface area contributed by atoms with Crippen molar-refractivity contribution in [3.05, 3.63) is 54.1 Å². The topological polar surface area (TPSA) is 59.6 Å². The number of carbonyl (C=O) groups is 1. The fraction of sp³-hybridized carbons (Fsp3) is 0.381. The fourth-order valence-electron chi connectivity index (χ4n) is 2.43. The quantitative estimate of drug-likeness (QED) is 0.636. The number of anilines is 1. The maximum Gasteiger partial charge on any atom is 0.221 e. The van der Waals surface area contributed by atoms with Crippen LogP contribution in [0.25, 0.3) is 0 Å². The van der Waals surface area contributed by atoms with Gasteiger partial charge >= 0.3 is 0 Å².